The van der Waals surface area contributed by atoms with Gasteiger partial charge in [0.1, 0.15) is 0 Å². The smallest absolute Gasteiger partial charge is 0.0468 e. The molecule has 3 heteroatoms. The zero-order valence-corrected chi connectivity index (χ0v) is 10.8. The maximum Gasteiger partial charge on any atom is 0.0468 e. The summed E-state index contributed by atoms with van der Waals surface area (Å²) in [5.41, 5.74) is 0.365. The Morgan fingerprint density at radius 1 is 1.19 bits per heavy atom. The van der Waals surface area contributed by atoms with Crippen molar-refractivity contribution in [1.29, 1.82) is 0 Å². The van der Waals surface area contributed by atoms with Gasteiger partial charge >= 0.3 is 0 Å². The van der Waals surface area contributed by atoms with E-state index < -0.39 is 0 Å². The number of hydrogen-bond acceptors (Lipinski definition) is 3. The molecule has 2 aliphatic heterocycles. The van der Waals surface area contributed by atoms with Gasteiger partial charge in [-0.25, -0.2) is 0 Å². The molecule has 0 aromatic rings. The molecule has 0 aromatic carbocycles. The second-order valence-corrected chi connectivity index (χ2v) is 5.81. The molecule has 94 valence electrons. The van der Waals surface area contributed by atoms with Gasteiger partial charge in [-0.3, -0.25) is 4.90 Å². The van der Waals surface area contributed by atoms with Gasteiger partial charge in [0.15, 0.2) is 0 Å². The Bertz CT molecular complexity index is 206. The van der Waals surface area contributed by atoms with E-state index in [1.165, 1.54) is 32.4 Å². The van der Waals surface area contributed by atoms with Crippen molar-refractivity contribution in [3.8, 4) is 0 Å². The normalized spacial score (nSPS) is 25.9. The van der Waals surface area contributed by atoms with Crippen molar-refractivity contribution in [3.05, 3.63) is 0 Å². The minimum Gasteiger partial charge on any atom is -0.381 e. The highest BCUT2D eigenvalue weighted by Crippen LogP contribution is 2.29. The van der Waals surface area contributed by atoms with Crippen LogP contribution in [0.2, 0.25) is 0 Å². The largest absolute Gasteiger partial charge is 0.381 e. The lowest BCUT2D eigenvalue weighted by Gasteiger charge is -2.43. The maximum atomic E-state index is 5.44. The minimum absolute atomic E-state index is 0.365. The van der Waals surface area contributed by atoms with E-state index >= 15 is 0 Å². The summed E-state index contributed by atoms with van der Waals surface area (Å²) in [6, 6.07) is 0. The number of nitrogens with one attached hydrogen (secondary N) is 1. The quantitative estimate of drug-likeness (QED) is 0.789. The fourth-order valence-corrected chi connectivity index (χ4v) is 3.06. The molecular formula is C13H26N2O. The number of ether oxygens (including phenoxy) is 1. The summed E-state index contributed by atoms with van der Waals surface area (Å²) in [6.45, 7) is 11.5. The first kappa shape index (κ1) is 12.3. The molecule has 0 radical (unpaired) electrons. The number of piperazine rings is 1. The highest BCUT2D eigenvalue weighted by molar-refractivity contribution is 4.87. The van der Waals surface area contributed by atoms with Gasteiger partial charge in [0.25, 0.3) is 0 Å². The molecule has 0 aromatic heterocycles. The van der Waals surface area contributed by atoms with Crippen molar-refractivity contribution in [2.24, 2.45) is 5.92 Å². The molecule has 0 atom stereocenters. The summed E-state index contributed by atoms with van der Waals surface area (Å²) in [4.78, 5) is 2.65. The van der Waals surface area contributed by atoms with Crippen LogP contribution < -0.4 is 5.32 Å². The van der Waals surface area contributed by atoms with Crippen LogP contribution in [0.1, 0.15) is 33.1 Å². The predicted molar refractivity (Wildman–Crippen MR) is 66.7 cm³/mol. The molecular weight excluding hydrogens is 200 g/mol. The standard InChI is InChI=1S/C13H26N2O/c1-13(2,15-7-5-14-6-8-15)11-12-3-9-16-10-4-12/h12,14H,3-11H2,1-2H3. The van der Waals surface area contributed by atoms with Crippen molar-refractivity contribution in [3.63, 3.8) is 0 Å². The van der Waals surface area contributed by atoms with Crippen LogP contribution in [0, 0.1) is 5.92 Å². The summed E-state index contributed by atoms with van der Waals surface area (Å²) in [7, 11) is 0. The molecule has 2 aliphatic rings. The minimum atomic E-state index is 0.365. The third-order valence-electron chi connectivity index (χ3n) is 4.10. The summed E-state index contributed by atoms with van der Waals surface area (Å²) in [5, 5.41) is 3.43. The number of rotatable bonds is 3. The zero-order chi connectivity index (χ0) is 11.4. The average Bonchev–Trinajstić information content (AvgIpc) is 2.31. The summed E-state index contributed by atoms with van der Waals surface area (Å²) in [5.74, 6) is 0.874. The number of nitrogens with zero attached hydrogens (tertiary/aromatic N) is 1. The van der Waals surface area contributed by atoms with E-state index in [1.54, 1.807) is 0 Å². The molecule has 16 heavy (non-hydrogen) atoms. The highest BCUT2D eigenvalue weighted by atomic mass is 16.5. The van der Waals surface area contributed by atoms with E-state index in [4.69, 9.17) is 4.74 Å². The van der Waals surface area contributed by atoms with Gasteiger partial charge < -0.3 is 10.1 Å². The summed E-state index contributed by atoms with van der Waals surface area (Å²) in [6.07, 6.45) is 3.85. The molecule has 3 nitrogen and oxygen atoms in total. The van der Waals surface area contributed by atoms with Crippen molar-refractivity contribution in [1.82, 2.24) is 10.2 Å². The molecule has 0 amide bonds. The van der Waals surface area contributed by atoms with Gasteiger partial charge in [0.2, 0.25) is 0 Å². The third-order valence-corrected chi connectivity index (χ3v) is 4.10. The van der Waals surface area contributed by atoms with Crippen molar-refractivity contribution in [2.45, 2.75) is 38.6 Å². The van der Waals surface area contributed by atoms with Crippen LogP contribution in [0.15, 0.2) is 0 Å². The van der Waals surface area contributed by atoms with Crippen LogP contribution in [-0.2, 0) is 4.74 Å². The van der Waals surface area contributed by atoms with Gasteiger partial charge in [-0.1, -0.05) is 0 Å². The fraction of sp³-hybridized carbons (Fsp3) is 1.00. The molecule has 2 fully saturated rings. The first-order valence-electron chi connectivity index (χ1n) is 6.72. The van der Waals surface area contributed by atoms with Crippen LogP contribution in [0.3, 0.4) is 0 Å². The van der Waals surface area contributed by atoms with Crippen LogP contribution >= 0.6 is 0 Å². The van der Waals surface area contributed by atoms with E-state index in [2.05, 4.69) is 24.1 Å². The summed E-state index contributed by atoms with van der Waals surface area (Å²) < 4.78 is 5.44. The Balaban J connectivity index is 1.84. The molecule has 0 unspecified atom stereocenters. The van der Waals surface area contributed by atoms with Crippen molar-refractivity contribution >= 4 is 0 Å². The molecule has 2 saturated heterocycles. The molecule has 0 bridgehead atoms. The first-order valence-corrected chi connectivity index (χ1v) is 6.72. The highest BCUT2D eigenvalue weighted by Gasteiger charge is 2.31. The molecule has 2 heterocycles. The van der Waals surface area contributed by atoms with Crippen molar-refractivity contribution in [2.75, 3.05) is 39.4 Å². The van der Waals surface area contributed by atoms with Gasteiger partial charge in [0.05, 0.1) is 0 Å². The van der Waals surface area contributed by atoms with E-state index in [0.29, 0.717) is 5.54 Å². The van der Waals surface area contributed by atoms with Gasteiger partial charge in [-0.15, -0.1) is 0 Å². The molecule has 0 saturated carbocycles. The monoisotopic (exact) mass is 226 g/mol. The Morgan fingerprint density at radius 3 is 2.44 bits per heavy atom. The van der Waals surface area contributed by atoms with Crippen molar-refractivity contribution < 1.29 is 4.74 Å². The second kappa shape index (κ2) is 5.48. The third kappa shape index (κ3) is 3.19. The predicted octanol–water partition coefficient (Wildman–Crippen LogP) is 1.49. The topological polar surface area (TPSA) is 24.5 Å². The second-order valence-electron chi connectivity index (χ2n) is 5.81. The van der Waals surface area contributed by atoms with Gasteiger partial charge in [-0.2, -0.15) is 0 Å². The Morgan fingerprint density at radius 2 is 1.81 bits per heavy atom. The van der Waals surface area contributed by atoms with Crippen LogP contribution in [0.5, 0.6) is 0 Å². The van der Waals surface area contributed by atoms with Gasteiger partial charge in [-0.05, 0) is 39.0 Å². The SMILES string of the molecule is CC(C)(CC1CCOCC1)N1CCNCC1. The Labute approximate surface area is 99.5 Å². The van der Waals surface area contributed by atoms with Crippen LogP contribution in [0.4, 0.5) is 0 Å². The lowest BCUT2D eigenvalue weighted by molar-refractivity contribution is 0.0280. The fourth-order valence-electron chi connectivity index (χ4n) is 3.06. The Kier molecular flexibility index (Phi) is 4.22. The number of hydrogen-bond donors (Lipinski definition) is 1. The summed E-state index contributed by atoms with van der Waals surface area (Å²) >= 11 is 0. The molecule has 0 spiro atoms. The average molecular weight is 226 g/mol. The van der Waals surface area contributed by atoms with E-state index in [0.717, 1.165) is 32.2 Å². The molecule has 2 rings (SSSR count). The van der Waals surface area contributed by atoms with E-state index in [-0.39, 0.29) is 0 Å². The van der Waals surface area contributed by atoms with E-state index in [1.807, 2.05) is 0 Å². The molecule has 0 aliphatic carbocycles. The Hall–Kier alpha value is -0.120. The lowest BCUT2D eigenvalue weighted by Crippen LogP contribution is -2.54. The lowest BCUT2D eigenvalue weighted by atomic mass is 9.84. The molecule has 1 N–H and O–H groups in total. The maximum absolute atomic E-state index is 5.44. The zero-order valence-electron chi connectivity index (χ0n) is 10.8. The van der Waals surface area contributed by atoms with Gasteiger partial charge in [0, 0.05) is 44.9 Å². The van der Waals surface area contributed by atoms with Crippen LogP contribution in [-0.4, -0.2) is 49.8 Å². The van der Waals surface area contributed by atoms with Crippen LogP contribution in [0.25, 0.3) is 0 Å². The van der Waals surface area contributed by atoms with E-state index in [9.17, 15) is 0 Å². The first-order chi connectivity index (χ1) is 7.68.